The van der Waals surface area contributed by atoms with E-state index in [2.05, 4.69) is 5.43 Å². The molecule has 0 saturated carbocycles. The highest BCUT2D eigenvalue weighted by Gasteiger charge is 2.23. The molecule has 3 nitrogen and oxygen atoms in total. The lowest BCUT2D eigenvalue weighted by Gasteiger charge is -2.18. The van der Waals surface area contributed by atoms with Crippen molar-refractivity contribution in [3.05, 3.63) is 29.8 Å². The standard InChI is InChI=1S/C10H14F2N2O/c1-2-15-8-6-4-3-5-7(8)9(14-13)10(11)12/h3-6,9-10,14H,2,13H2,1H3. The molecule has 0 aliphatic carbocycles. The van der Waals surface area contributed by atoms with Gasteiger partial charge in [0.15, 0.2) is 0 Å². The Balaban J connectivity index is 2.99. The maximum absolute atomic E-state index is 12.6. The lowest BCUT2D eigenvalue weighted by atomic mass is 10.1. The van der Waals surface area contributed by atoms with Crippen molar-refractivity contribution < 1.29 is 13.5 Å². The van der Waals surface area contributed by atoms with Crippen LogP contribution in [0, 0.1) is 0 Å². The number of nitrogens with one attached hydrogen (secondary N) is 1. The summed E-state index contributed by atoms with van der Waals surface area (Å²) in [4.78, 5) is 0. The minimum Gasteiger partial charge on any atom is -0.494 e. The van der Waals surface area contributed by atoms with Crippen LogP contribution in [-0.4, -0.2) is 13.0 Å². The van der Waals surface area contributed by atoms with E-state index in [4.69, 9.17) is 10.6 Å². The number of hydrogen-bond donors (Lipinski definition) is 2. The minimum absolute atomic E-state index is 0.372. The summed E-state index contributed by atoms with van der Waals surface area (Å²) in [6.45, 7) is 2.22. The normalized spacial score (nSPS) is 12.9. The van der Waals surface area contributed by atoms with Crippen molar-refractivity contribution in [2.45, 2.75) is 19.4 Å². The summed E-state index contributed by atoms with van der Waals surface area (Å²) in [5.41, 5.74) is 2.46. The summed E-state index contributed by atoms with van der Waals surface area (Å²) >= 11 is 0. The van der Waals surface area contributed by atoms with Gasteiger partial charge >= 0.3 is 0 Å². The molecule has 0 spiro atoms. The highest BCUT2D eigenvalue weighted by atomic mass is 19.3. The van der Waals surface area contributed by atoms with Crippen molar-refractivity contribution in [2.24, 2.45) is 5.84 Å². The van der Waals surface area contributed by atoms with E-state index in [0.29, 0.717) is 17.9 Å². The first-order valence-corrected chi connectivity index (χ1v) is 4.66. The third kappa shape index (κ3) is 2.87. The maximum atomic E-state index is 12.6. The predicted octanol–water partition coefficient (Wildman–Crippen LogP) is 1.85. The SMILES string of the molecule is CCOc1ccccc1C(NN)C(F)F. The van der Waals surface area contributed by atoms with Crippen molar-refractivity contribution in [3.63, 3.8) is 0 Å². The number of hydrogen-bond acceptors (Lipinski definition) is 3. The minimum atomic E-state index is -2.57. The van der Waals surface area contributed by atoms with Gasteiger partial charge in [-0.3, -0.25) is 5.84 Å². The summed E-state index contributed by atoms with van der Waals surface area (Å²) in [6.07, 6.45) is -2.57. The Labute approximate surface area is 87.2 Å². The number of rotatable bonds is 5. The summed E-state index contributed by atoms with van der Waals surface area (Å²) in [6, 6.07) is 5.42. The third-order valence-corrected chi connectivity index (χ3v) is 1.99. The highest BCUT2D eigenvalue weighted by Crippen LogP contribution is 2.28. The fourth-order valence-electron chi connectivity index (χ4n) is 1.32. The third-order valence-electron chi connectivity index (χ3n) is 1.99. The molecule has 0 radical (unpaired) electrons. The molecule has 84 valence electrons. The molecule has 0 amide bonds. The quantitative estimate of drug-likeness (QED) is 0.583. The fourth-order valence-corrected chi connectivity index (χ4v) is 1.32. The van der Waals surface area contributed by atoms with Crippen LogP contribution in [0.5, 0.6) is 5.75 Å². The van der Waals surface area contributed by atoms with Gasteiger partial charge in [0.2, 0.25) is 0 Å². The molecule has 0 heterocycles. The second-order valence-corrected chi connectivity index (χ2v) is 2.95. The molecule has 0 bridgehead atoms. The first-order chi connectivity index (χ1) is 7.20. The van der Waals surface area contributed by atoms with Crippen LogP contribution in [0.25, 0.3) is 0 Å². The van der Waals surface area contributed by atoms with Crippen LogP contribution in [0.4, 0.5) is 8.78 Å². The number of benzene rings is 1. The number of halogens is 2. The summed E-state index contributed by atoms with van der Waals surface area (Å²) < 4.78 is 30.5. The van der Waals surface area contributed by atoms with E-state index in [1.165, 1.54) is 0 Å². The van der Waals surface area contributed by atoms with E-state index >= 15 is 0 Å². The molecule has 0 aliphatic heterocycles. The lowest BCUT2D eigenvalue weighted by Crippen LogP contribution is -2.33. The van der Waals surface area contributed by atoms with Crippen molar-refractivity contribution >= 4 is 0 Å². The summed E-state index contributed by atoms with van der Waals surface area (Å²) in [5, 5.41) is 0. The zero-order chi connectivity index (χ0) is 11.3. The molecule has 0 aliphatic rings. The van der Waals surface area contributed by atoms with Crippen LogP contribution in [0.2, 0.25) is 0 Å². The van der Waals surface area contributed by atoms with E-state index in [9.17, 15) is 8.78 Å². The number of alkyl halides is 2. The first kappa shape index (κ1) is 11.9. The zero-order valence-electron chi connectivity index (χ0n) is 8.41. The van der Waals surface area contributed by atoms with Gasteiger partial charge < -0.3 is 4.74 Å². The van der Waals surface area contributed by atoms with Crippen molar-refractivity contribution in [2.75, 3.05) is 6.61 Å². The van der Waals surface area contributed by atoms with E-state index in [-0.39, 0.29) is 0 Å². The second-order valence-electron chi connectivity index (χ2n) is 2.95. The average molecular weight is 216 g/mol. The first-order valence-electron chi connectivity index (χ1n) is 4.66. The summed E-state index contributed by atoms with van der Waals surface area (Å²) in [5.74, 6) is 5.52. The van der Waals surface area contributed by atoms with Gasteiger partial charge in [-0.25, -0.2) is 14.2 Å². The molecule has 0 aromatic heterocycles. The van der Waals surface area contributed by atoms with Crippen molar-refractivity contribution in [1.82, 2.24) is 5.43 Å². The van der Waals surface area contributed by atoms with Crippen molar-refractivity contribution in [1.29, 1.82) is 0 Å². The van der Waals surface area contributed by atoms with Crippen LogP contribution in [0.15, 0.2) is 24.3 Å². The van der Waals surface area contributed by atoms with E-state index in [1.54, 1.807) is 31.2 Å². The molecule has 15 heavy (non-hydrogen) atoms. The predicted molar refractivity (Wildman–Crippen MR) is 53.7 cm³/mol. The molecular weight excluding hydrogens is 202 g/mol. The van der Waals surface area contributed by atoms with Crippen LogP contribution < -0.4 is 16.0 Å². The van der Waals surface area contributed by atoms with Gasteiger partial charge in [0.25, 0.3) is 6.43 Å². The molecule has 0 fully saturated rings. The molecule has 1 aromatic rings. The van der Waals surface area contributed by atoms with Crippen LogP contribution in [0.3, 0.4) is 0 Å². The Morgan fingerprint density at radius 2 is 2.07 bits per heavy atom. The largest absolute Gasteiger partial charge is 0.494 e. The van der Waals surface area contributed by atoms with E-state index in [1.807, 2.05) is 0 Å². The average Bonchev–Trinajstić information content (AvgIpc) is 2.21. The van der Waals surface area contributed by atoms with Crippen LogP contribution >= 0.6 is 0 Å². The number of hydrazine groups is 1. The van der Waals surface area contributed by atoms with Gasteiger partial charge in [0.1, 0.15) is 11.8 Å². The molecule has 1 atom stereocenters. The van der Waals surface area contributed by atoms with Crippen molar-refractivity contribution in [3.8, 4) is 5.75 Å². The van der Waals surface area contributed by atoms with Gasteiger partial charge in [0, 0.05) is 5.56 Å². The topological polar surface area (TPSA) is 47.3 Å². The molecule has 5 heteroatoms. The Morgan fingerprint density at radius 3 is 2.60 bits per heavy atom. The molecule has 0 saturated heterocycles. The molecule has 1 aromatic carbocycles. The Kier molecular flexibility index (Phi) is 4.45. The maximum Gasteiger partial charge on any atom is 0.259 e. The number of ether oxygens (including phenoxy) is 1. The smallest absolute Gasteiger partial charge is 0.259 e. The molecule has 1 unspecified atom stereocenters. The zero-order valence-corrected chi connectivity index (χ0v) is 8.41. The van der Waals surface area contributed by atoms with Gasteiger partial charge in [-0.2, -0.15) is 0 Å². The van der Waals surface area contributed by atoms with Gasteiger partial charge in [-0.15, -0.1) is 0 Å². The van der Waals surface area contributed by atoms with Gasteiger partial charge in [0.05, 0.1) is 6.61 Å². The number of para-hydroxylation sites is 1. The van der Waals surface area contributed by atoms with Gasteiger partial charge in [-0.1, -0.05) is 18.2 Å². The lowest BCUT2D eigenvalue weighted by molar-refractivity contribution is 0.0969. The highest BCUT2D eigenvalue weighted by molar-refractivity contribution is 5.36. The van der Waals surface area contributed by atoms with E-state index < -0.39 is 12.5 Å². The molecule has 1 rings (SSSR count). The number of nitrogens with two attached hydrogens (primary N) is 1. The molecule has 3 N–H and O–H groups in total. The fraction of sp³-hybridized carbons (Fsp3) is 0.400. The van der Waals surface area contributed by atoms with Gasteiger partial charge in [-0.05, 0) is 13.0 Å². The molecular formula is C10H14F2N2O. The Hall–Kier alpha value is -1.20. The van der Waals surface area contributed by atoms with Crippen LogP contribution in [-0.2, 0) is 0 Å². The Bertz CT molecular complexity index is 307. The van der Waals surface area contributed by atoms with Crippen LogP contribution in [0.1, 0.15) is 18.5 Å². The van der Waals surface area contributed by atoms with E-state index in [0.717, 1.165) is 0 Å². The Morgan fingerprint density at radius 1 is 1.40 bits per heavy atom. The monoisotopic (exact) mass is 216 g/mol. The summed E-state index contributed by atoms with van der Waals surface area (Å²) in [7, 11) is 0. The second kappa shape index (κ2) is 5.63.